The molecule has 1 aliphatic carbocycles. The molecular formula is C23H27F3O6. The van der Waals surface area contributed by atoms with Crippen molar-refractivity contribution in [2.75, 3.05) is 6.61 Å². The highest BCUT2D eigenvalue weighted by molar-refractivity contribution is 5.86. The number of aliphatic hydroxyl groups excluding tert-OH is 2. The first-order chi connectivity index (χ1) is 15.1. The lowest BCUT2D eigenvalue weighted by molar-refractivity contribution is -0.138. The minimum Gasteiger partial charge on any atom is -0.491 e. The maximum Gasteiger partial charge on any atom is 0.416 e. The SMILES string of the molecule is O=C(O)CCCC=CCC1C(O)CC(=O)C1C=CC(O)COc1cccc(C(F)(F)F)c1. The van der Waals surface area contributed by atoms with Crippen LogP contribution in [0.5, 0.6) is 5.75 Å². The van der Waals surface area contributed by atoms with E-state index in [1.54, 1.807) is 0 Å². The van der Waals surface area contributed by atoms with Gasteiger partial charge in [-0.2, -0.15) is 13.2 Å². The number of rotatable bonds is 11. The number of benzene rings is 1. The highest BCUT2D eigenvalue weighted by Gasteiger charge is 2.39. The second kappa shape index (κ2) is 11.8. The van der Waals surface area contributed by atoms with Gasteiger partial charge < -0.3 is 20.1 Å². The molecule has 0 saturated heterocycles. The van der Waals surface area contributed by atoms with E-state index in [0.29, 0.717) is 19.3 Å². The van der Waals surface area contributed by atoms with Crippen LogP contribution < -0.4 is 4.74 Å². The van der Waals surface area contributed by atoms with E-state index in [1.165, 1.54) is 24.3 Å². The van der Waals surface area contributed by atoms with Crippen LogP contribution in [0.2, 0.25) is 0 Å². The Hall–Kier alpha value is -2.65. The van der Waals surface area contributed by atoms with Gasteiger partial charge >= 0.3 is 12.1 Å². The highest BCUT2D eigenvalue weighted by Crippen LogP contribution is 2.34. The second-order valence-electron chi connectivity index (χ2n) is 7.71. The summed E-state index contributed by atoms with van der Waals surface area (Å²) < 4.78 is 43.5. The minimum atomic E-state index is -4.50. The lowest BCUT2D eigenvalue weighted by Gasteiger charge is -2.17. The molecule has 1 aliphatic rings. The molecule has 32 heavy (non-hydrogen) atoms. The zero-order valence-corrected chi connectivity index (χ0v) is 17.4. The van der Waals surface area contributed by atoms with Crippen molar-refractivity contribution >= 4 is 11.8 Å². The average molecular weight is 456 g/mol. The van der Waals surface area contributed by atoms with Crippen molar-refractivity contribution in [3.63, 3.8) is 0 Å². The predicted molar refractivity (Wildman–Crippen MR) is 110 cm³/mol. The van der Waals surface area contributed by atoms with Gasteiger partial charge in [0.25, 0.3) is 0 Å². The molecule has 176 valence electrons. The number of Topliss-reactive ketones (excluding diaryl/α,β-unsaturated/α-hetero) is 1. The highest BCUT2D eigenvalue weighted by atomic mass is 19.4. The molecule has 0 spiro atoms. The summed E-state index contributed by atoms with van der Waals surface area (Å²) in [6, 6.07) is 4.31. The summed E-state index contributed by atoms with van der Waals surface area (Å²) >= 11 is 0. The van der Waals surface area contributed by atoms with Crippen LogP contribution in [0.15, 0.2) is 48.6 Å². The molecule has 1 aromatic carbocycles. The van der Waals surface area contributed by atoms with Crippen LogP contribution in [0.25, 0.3) is 0 Å². The predicted octanol–water partition coefficient (Wildman–Crippen LogP) is 3.77. The van der Waals surface area contributed by atoms with Gasteiger partial charge in [0.2, 0.25) is 0 Å². The number of hydrogen-bond donors (Lipinski definition) is 3. The van der Waals surface area contributed by atoms with Gasteiger partial charge in [0, 0.05) is 24.7 Å². The summed E-state index contributed by atoms with van der Waals surface area (Å²) in [5, 5.41) is 28.9. The van der Waals surface area contributed by atoms with Gasteiger partial charge in [-0.05, 0) is 37.5 Å². The molecule has 1 aromatic rings. The van der Waals surface area contributed by atoms with Crippen LogP contribution in [0.1, 0.15) is 37.7 Å². The van der Waals surface area contributed by atoms with E-state index in [2.05, 4.69) is 0 Å². The summed E-state index contributed by atoms with van der Waals surface area (Å²) in [5.41, 5.74) is -0.857. The van der Waals surface area contributed by atoms with Crippen molar-refractivity contribution in [2.45, 2.75) is 50.5 Å². The molecule has 4 unspecified atom stereocenters. The fourth-order valence-corrected chi connectivity index (χ4v) is 3.52. The fourth-order valence-electron chi connectivity index (χ4n) is 3.52. The zero-order chi connectivity index (χ0) is 23.7. The maximum atomic E-state index is 12.7. The number of alkyl halides is 3. The Morgan fingerprint density at radius 2 is 2.03 bits per heavy atom. The number of hydrogen-bond acceptors (Lipinski definition) is 5. The van der Waals surface area contributed by atoms with E-state index in [-0.39, 0.29) is 36.9 Å². The monoisotopic (exact) mass is 456 g/mol. The molecule has 3 N–H and O–H groups in total. The van der Waals surface area contributed by atoms with Crippen molar-refractivity contribution in [3.05, 3.63) is 54.1 Å². The first kappa shape index (κ1) is 25.6. The number of aliphatic hydroxyl groups is 2. The summed E-state index contributed by atoms with van der Waals surface area (Å²) in [5.74, 6) is -2.03. The van der Waals surface area contributed by atoms with Crippen LogP contribution >= 0.6 is 0 Å². The lowest BCUT2D eigenvalue weighted by Crippen LogP contribution is -2.20. The van der Waals surface area contributed by atoms with Gasteiger partial charge in [0.1, 0.15) is 24.2 Å². The summed E-state index contributed by atoms with van der Waals surface area (Å²) in [7, 11) is 0. The van der Waals surface area contributed by atoms with E-state index in [4.69, 9.17) is 9.84 Å². The van der Waals surface area contributed by atoms with Crippen molar-refractivity contribution in [1.82, 2.24) is 0 Å². The normalized spacial score (nSPS) is 22.7. The first-order valence-corrected chi connectivity index (χ1v) is 10.3. The molecule has 0 heterocycles. The quantitative estimate of drug-likeness (QED) is 0.346. The Balaban J connectivity index is 1.88. The smallest absolute Gasteiger partial charge is 0.416 e. The Labute approximate surface area is 184 Å². The molecule has 0 radical (unpaired) electrons. The lowest BCUT2D eigenvalue weighted by atomic mass is 9.90. The Bertz CT molecular complexity index is 833. The minimum absolute atomic E-state index is 0.00333. The largest absolute Gasteiger partial charge is 0.491 e. The molecule has 1 saturated carbocycles. The van der Waals surface area contributed by atoms with Gasteiger partial charge in [-0.3, -0.25) is 9.59 Å². The molecule has 0 bridgehead atoms. The van der Waals surface area contributed by atoms with Crippen molar-refractivity contribution in [2.24, 2.45) is 11.8 Å². The van der Waals surface area contributed by atoms with Crippen LogP contribution in [0.3, 0.4) is 0 Å². The van der Waals surface area contributed by atoms with Gasteiger partial charge in [0.15, 0.2) is 0 Å². The van der Waals surface area contributed by atoms with Gasteiger partial charge in [-0.1, -0.05) is 30.4 Å². The molecule has 2 rings (SSSR count). The van der Waals surface area contributed by atoms with E-state index < -0.39 is 35.8 Å². The topological polar surface area (TPSA) is 104 Å². The van der Waals surface area contributed by atoms with Crippen LogP contribution in [-0.2, 0) is 15.8 Å². The summed E-state index contributed by atoms with van der Waals surface area (Å²) in [6.45, 7) is -0.296. The van der Waals surface area contributed by atoms with Gasteiger partial charge in [-0.15, -0.1) is 0 Å². The summed E-state index contributed by atoms with van der Waals surface area (Å²) in [4.78, 5) is 22.7. The number of carbonyl (C=O) groups excluding carboxylic acids is 1. The van der Waals surface area contributed by atoms with Crippen molar-refractivity contribution < 1.29 is 42.8 Å². The van der Waals surface area contributed by atoms with E-state index in [9.17, 15) is 33.0 Å². The number of carboxylic acids is 1. The number of carbonyl (C=O) groups is 2. The number of ether oxygens (including phenoxy) is 1. The zero-order valence-electron chi connectivity index (χ0n) is 17.4. The standard InChI is InChI=1S/C23H27F3O6/c24-23(25,26)15-6-5-7-17(12-15)32-14-16(27)10-11-19-18(20(28)13-21(19)29)8-3-1-2-4-9-22(30)31/h1,3,5-7,10-12,16,18-20,27-28H,2,4,8-9,13-14H2,(H,30,31). The average Bonchev–Trinajstić information content (AvgIpc) is 2.99. The molecular weight excluding hydrogens is 429 g/mol. The van der Waals surface area contributed by atoms with Gasteiger partial charge in [0.05, 0.1) is 11.7 Å². The van der Waals surface area contributed by atoms with Crippen molar-refractivity contribution in [1.29, 1.82) is 0 Å². The maximum absolute atomic E-state index is 12.7. The van der Waals surface area contributed by atoms with Crippen LogP contribution in [-0.4, -0.2) is 45.9 Å². The summed E-state index contributed by atoms with van der Waals surface area (Å²) in [6.07, 6.45) is 1.58. The third kappa shape index (κ3) is 8.12. The van der Waals surface area contributed by atoms with Crippen molar-refractivity contribution in [3.8, 4) is 5.75 Å². The third-order valence-electron chi connectivity index (χ3n) is 5.20. The molecule has 0 aromatic heterocycles. The molecule has 4 atom stereocenters. The number of aliphatic carboxylic acids is 1. The molecule has 9 heteroatoms. The molecule has 6 nitrogen and oxygen atoms in total. The molecule has 0 amide bonds. The first-order valence-electron chi connectivity index (χ1n) is 10.3. The number of unbranched alkanes of at least 4 members (excludes halogenated alkanes) is 1. The Morgan fingerprint density at radius 1 is 1.28 bits per heavy atom. The molecule has 1 fully saturated rings. The van der Waals surface area contributed by atoms with E-state index >= 15 is 0 Å². The van der Waals surface area contributed by atoms with E-state index in [1.807, 2.05) is 12.2 Å². The molecule has 0 aliphatic heterocycles. The Morgan fingerprint density at radius 3 is 2.72 bits per heavy atom. The number of carboxylic acid groups (broad SMARTS) is 1. The number of allylic oxidation sites excluding steroid dienone is 3. The second-order valence-corrected chi connectivity index (χ2v) is 7.71. The van der Waals surface area contributed by atoms with Crippen LogP contribution in [0, 0.1) is 11.8 Å². The third-order valence-corrected chi connectivity index (χ3v) is 5.20. The van der Waals surface area contributed by atoms with Gasteiger partial charge in [-0.25, -0.2) is 0 Å². The Kier molecular flexibility index (Phi) is 9.46. The van der Waals surface area contributed by atoms with Crippen LogP contribution in [0.4, 0.5) is 13.2 Å². The fraction of sp³-hybridized carbons (Fsp3) is 0.478. The van der Waals surface area contributed by atoms with E-state index in [0.717, 1.165) is 12.1 Å². The number of ketones is 1. The number of halogens is 3.